The maximum Gasteiger partial charge on any atom is 0.396 e. The molecule has 2 aliphatic heterocycles. The predicted molar refractivity (Wildman–Crippen MR) is 149 cm³/mol. The highest BCUT2D eigenvalue weighted by molar-refractivity contribution is 6.33. The SMILES string of the molecule is C=CC(=O)N1CCN(c2nc(O[C@@H]3CN(C)C[C@H]3C(F)(F)F)nc3c(Oc4c(Cl)c(F)cc5[nH]ncc45)nccc23)CC1. The molecule has 0 saturated carbocycles. The maximum absolute atomic E-state index is 14.6. The number of carbonyl (C=O) groups excluding carboxylic acids is 1. The molecular formula is C27H25ClF4N8O3. The number of piperazine rings is 1. The van der Waals surface area contributed by atoms with Gasteiger partial charge in [-0.3, -0.25) is 9.89 Å². The van der Waals surface area contributed by atoms with E-state index in [1.165, 1.54) is 29.4 Å². The lowest BCUT2D eigenvalue weighted by Crippen LogP contribution is -2.48. The van der Waals surface area contributed by atoms with Crippen molar-refractivity contribution in [2.75, 3.05) is 51.2 Å². The van der Waals surface area contributed by atoms with Crippen molar-refractivity contribution in [2.24, 2.45) is 5.92 Å². The molecule has 0 spiro atoms. The second-order valence-electron chi connectivity index (χ2n) is 10.3. The van der Waals surface area contributed by atoms with Gasteiger partial charge in [-0.1, -0.05) is 18.2 Å². The van der Waals surface area contributed by atoms with Gasteiger partial charge in [0.05, 0.1) is 22.5 Å². The lowest BCUT2D eigenvalue weighted by molar-refractivity contribution is -0.186. The van der Waals surface area contributed by atoms with Crippen LogP contribution >= 0.6 is 11.6 Å². The molecule has 5 heterocycles. The van der Waals surface area contributed by atoms with Gasteiger partial charge in [-0.05, 0) is 19.2 Å². The van der Waals surface area contributed by atoms with Gasteiger partial charge in [0.25, 0.3) is 0 Å². The third-order valence-electron chi connectivity index (χ3n) is 7.52. The van der Waals surface area contributed by atoms with Crippen LogP contribution in [0.5, 0.6) is 17.6 Å². The standard InChI is InChI=1S/C27H25ClF4N8O3/c1-3-20(41)39-6-8-40(9-7-39)24-14-4-5-33-25(43-23-15-11-34-37-18(15)10-17(29)21(23)28)22(14)35-26(36-24)42-19-13-38(2)12-16(19)27(30,31)32/h3-5,10-11,16,19H,1,6-9,12-13H2,2H3,(H,34,37)/t16-,19-/m1/s1. The summed E-state index contributed by atoms with van der Waals surface area (Å²) >= 11 is 6.27. The number of fused-ring (bicyclic) bond motifs is 2. The lowest BCUT2D eigenvalue weighted by atomic mass is 10.1. The first-order valence-corrected chi connectivity index (χ1v) is 13.6. The number of likely N-dealkylation sites (N-methyl/N-ethyl adjacent to an activating group) is 1. The summed E-state index contributed by atoms with van der Waals surface area (Å²) in [5.74, 6) is -2.54. The largest absolute Gasteiger partial charge is 0.458 e. The molecule has 2 fully saturated rings. The molecule has 43 heavy (non-hydrogen) atoms. The summed E-state index contributed by atoms with van der Waals surface area (Å²) in [6.45, 7) is 4.77. The molecule has 0 unspecified atom stereocenters. The van der Waals surface area contributed by atoms with Crippen molar-refractivity contribution in [2.45, 2.75) is 12.3 Å². The Morgan fingerprint density at radius 3 is 2.67 bits per heavy atom. The quantitative estimate of drug-likeness (QED) is 0.250. The molecule has 3 aromatic heterocycles. The van der Waals surface area contributed by atoms with E-state index in [1.807, 2.05) is 4.90 Å². The Kier molecular flexibility index (Phi) is 7.46. The topological polar surface area (TPSA) is 113 Å². The molecule has 1 aromatic carbocycles. The molecule has 16 heteroatoms. The number of halogens is 5. The van der Waals surface area contributed by atoms with Crippen molar-refractivity contribution in [3.63, 3.8) is 0 Å². The number of rotatable bonds is 6. The lowest BCUT2D eigenvalue weighted by Gasteiger charge is -2.35. The molecule has 0 radical (unpaired) electrons. The average Bonchev–Trinajstić information content (AvgIpc) is 3.60. The minimum absolute atomic E-state index is 0.0109. The van der Waals surface area contributed by atoms with Crippen LogP contribution in [0, 0.1) is 11.7 Å². The third-order valence-corrected chi connectivity index (χ3v) is 7.88. The minimum atomic E-state index is -4.50. The Balaban J connectivity index is 1.44. The van der Waals surface area contributed by atoms with Crippen LogP contribution < -0.4 is 14.4 Å². The number of benzene rings is 1. The van der Waals surface area contributed by atoms with Crippen LogP contribution in [0.3, 0.4) is 0 Å². The van der Waals surface area contributed by atoms with Crippen LogP contribution in [0.4, 0.5) is 23.4 Å². The van der Waals surface area contributed by atoms with Crippen LogP contribution in [0.1, 0.15) is 0 Å². The molecule has 0 aliphatic carbocycles. The number of carbonyl (C=O) groups is 1. The van der Waals surface area contributed by atoms with Gasteiger partial charge in [0.2, 0.25) is 11.8 Å². The zero-order valence-corrected chi connectivity index (χ0v) is 23.5. The number of alkyl halides is 3. The maximum atomic E-state index is 14.6. The normalized spacial score (nSPS) is 19.8. The van der Waals surface area contributed by atoms with Crippen molar-refractivity contribution < 1.29 is 31.8 Å². The van der Waals surface area contributed by atoms with Gasteiger partial charge in [-0.2, -0.15) is 28.2 Å². The molecule has 0 bridgehead atoms. The van der Waals surface area contributed by atoms with Gasteiger partial charge in [-0.15, -0.1) is 0 Å². The Hall–Kier alpha value is -4.24. The first kappa shape index (κ1) is 28.9. The second-order valence-corrected chi connectivity index (χ2v) is 10.7. The summed E-state index contributed by atoms with van der Waals surface area (Å²) < 4.78 is 68.0. The Bertz CT molecular complexity index is 1710. The van der Waals surface area contributed by atoms with E-state index in [-0.39, 0.29) is 47.2 Å². The van der Waals surface area contributed by atoms with Gasteiger partial charge >= 0.3 is 12.2 Å². The highest BCUT2D eigenvalue weighted by Crippen LogP contribution is 2.41. The Morgan fingerprint density at radius 1 is 1.19 bits per heavy atom. The van der Waals surface area contributed by atoms with Gasteiger partial charge in [0, 0.05) is 51.5 Å². The van der Waals surface area contributed by atoms with E-state index in [0.29, 0.717) is 48.3 Å². The molecule has 2 atom stereocenters. The summed E-state index contributed by atoms with van der Waals surface area (Å²) in [6, 6.07) is 2.50. The number of ether oxygens (including phenoxy) is 2. The van der Waals surface area contributed by atoms with Gasteiger partial charge in [0.1, 0.15) is 34.2 Å². The Labute approximate surface area is 247 Å². The monoisotopic (exact) mass is 620 g/mol. The van der Waals surface area contributed by atoms with Gasteiger partial charge in [0.15, 0.2) is 5.75 Å². The minimum Gasteiger partial charge on any atom is -0.458 e. The summed E-state index contributed by atoms with van der Waals surface area (Å²) in [5, 5.41) is 7.09. The molecule has 11 nitrogen and oxygen atoms in total. The number of H-pyrrole nitrogens is 1. The van der Waals surface area contributed by atoms with Crippen LogP contribution in [0.2, 0.25) is 5.02 Å². The zero-order chi connectivity index (χ0) is 30.5. The van der Waals surface area contributed by atoms with Crippen LogP contribution in [0.15, 0.2) is 37.2 Å². The molecule has 226 valence electrons. The number of nitrogens with zero attached hydrogens (tertiary/aromatic N) is 7. The molecule has 2 saturated heterocycles. The molecular weight excluding hydrogens is 596 g/mol. The number of nitrogens with one attached hydrogen (secondary N) is 1. The van der Waals surface area contributed by atoms with Crippen LogP contribution in [-0.4, -0.2) is 99.5 Å². The van der Waals surface area contributed by atoms with E-state index in [1.54, 1.807) is 18.0 Å². The summed E-state index contributed by atoms with van der Waals surface area (Å²) in [6.07, 6.45) is -1.67. The second kappa shape index (κ2) is 11.1. The van der Waals surface area contributed by atoms with E-state index in [2.05, 4.69) is 31.7 Å². The summed E-state index contributed by atoms with van der Waals surface area (Å²) in [5.41, 5.74) is 0.436. The van der Waals surface area contributed by atoms with Crippen LogP contribution in [0.25, 0.3) is 21.8 Å². The van der Waals surface area contributed by atoms with Crippen molar-refractivity contribution >= 4 is 45.1 Å². The van der Waals surface area contributed by atoms with Crippen molar-refractivity contribution in [3.05, 3.63) is 48.0 Å². The smallest absolute Gasteiger partial charge is 0.396 e. The number of aromatic amines is 1. The number of anilines is 1. The fourth-order valence-corrected chi connectivity index (χ4v) is 5.56. The average molecular weight is 621 g/mol. The number of aromatic nitrogens is 5. The Morgan fingerprint density at radius 2 is 1.95 bits per heavy atom. The van der Waals surface area contributed by atoms with Crippen molar-refractivity contribution in [3.8, 4) is 17.6 Å². The fraction of sp³-hybridized carbons (Fsp3) is 0.370. The fourth-order valence-electron chi connectivity index (χ4n) is 5.36. The van der Waals surface area contributed by atoms with Crippen LogP contribution in [-0.2, 0) is 4.79 Å². The first-order chi connectivity index (χ1) is 20.5. The zero-order valence-electron chi connectivity index (χ0n) is 22.7. The number of pyridine rings is 1. The number of amides is 1. The number of likely N-dealkylation sites (tertiary alicyclic amines) is 1. The number of hydrogen-bond acceptors (Lipinski definition) is 9. The van der Waals surface area contributed by atoms with E-state index < -0.39 is 24.0 Å². The molecule has 4 aromatic rings. The van der Waals surface area contributed by atoms with Crippen molar-refractivity contribution in [1.29, 1.82) is 0 Å². The summed E-state index contributed by atoms with van der Waals surface area (Å²) in [4.78, 5) is 30.4. The summed E-state index contributed by atoms with van der Waals surface area (Å²) in [7, 11) is 1.58. The molecule has 2 aliphatic rings. The van der Waals surface area contributed by atoms with E-state index >= 15 is 0 Å². The molecule has 6 rings (SSSR count). The highest BCUT2D eigenvalue weighted by atomic mass is 35.5. The van der Waals surface area contributed by atoms with Crippen molar-refractivity contribution in [1.82, 2.24) is 34.9 Å². The van der Waals surface area contributed by atoms with E-state index in [9.17, 15) is 22.4 Å². The highest BCUT2D eigenvalue weighted by Gasteiger charge is 2.50. The predicted octanol–water partition coefficient (Wildman–Crippen LogP) is 4.19. The molecule has 1 N–H and O–H groups in total. The molecule has 1 amide bonds. The van der Waals surface area contributed by atoms with Gasteiger partial charge in [-0.25, -0.2) is 9.37 Å². The first-order valence-electron chi connectivity index (χ1n) is 13.3. The van der Waals surface area contributed by atoms with Gasteiger partial charge < -0.3 is 24.2 Å². The number of hydrogen-bond donors (Lipinski definition) is 1. The van der Waals surface area contributed by atoms with E-state index in [0.717, 1.165) is 0 Å². The third kappa shape index (κ3) is 5.49. The van der Waals surface area contributed by atoms with E-state index in [4.69, 9.17) is 21.1 Å².